The lowest BCUT2D eigenvalue weighted by Crippen LogP contribution is -2.58. The van der Waals surface area contributed by atoms with E-state index in [2.05, 4.69) is 5.32 Å². The van der Waals surface area contributed by atoms with Crippen LogP contribution in [0.5, 0.6) is 17.2 Å². The van der Waals surface area contributed by atoms with Crippen molar-refractivity contribution in [2.24, 2.45) is 5.92 Å². The van der Waals surface area contributed by atoms with Gasteiger partial charge < -0.3 is 50.2 Å². The highest BCUT2D eigenvalue weighted by molar-refractivity contribution is 6.15. The highest BCUT2D eigenvalue weighted by Gasteiger charge is 2.51. The first kappa shape index (κ1) is 29.4. The summed E-state index contributed by atoms with van der Waals surface area (Å²) in [5, 5.41) is 69.1. The predicted octanol–water partition coefficient (Wildman–Crippen LogP) is 0.359. The first-order valence-corrected chi connectivity index (χ1v) is 13.4. The monoisotopic (exact) mass is 573 g/mol. The zero-order valence-electron chi connectivity index (χ0n) is 23.1. The van der Waals surface area contributed by atoms with Crippen molar-refractivity contribution < 1.29 is 54.4 Å². The number of phenolic OH excluding ortho intramolecular Hbond substituents is 2. The van der Waals surface area contributed by atoms with Crippen LogP contribution < -0.4 is 10.1 Å². The van der Waals surface area contributed by atoms with E-state index in [1.807, 2.05) is 0 Å². The van der Waals surface area contributed by atoms with E-state index in [0.29, 0.717) is 0 Å². The van der Waals surface area contributed by atoms with Gasteiger partial charge in [-0.1, -0.05) is 19.1 Å². The summed E-state index contributed by atoms with van der Waals surface area (Å²) in [5.74, 6) is -3.05. The Bertz CT molecular complexity index is 1390. The molecule has 0 amide bonds. The number of benzene rings is 2. The fourth-order valence-electron chi connectivity index (χ4n) is 6.50. The zero-order valence-corrected chi connectivity index (χ0v) is 23.1. The average molecular weight is 574 g/mol. The molecule has 2 aliphatic carbocycles. The standard InChI is InChI=1S/C29H35NO11/c1-11-22(30-3)23(33)12(2)40-28(11)41-16-9-29(38,17(32)10-31)8-14-19(16)27(37)21-20(25(14)35)24(34)13-6-5-7-15(39-4)18(13)26(21)36/h5-7,11-12,16,22-23,26,28,30-31,33,35-38H,8-10H2,1-4H3/t11?,12?,16-,22?,23?,26+,28?,29-/m1/s1. The summed E-state index contributed by atoms with van der Waals surface area (Å²) in [6, 6.07) is 4.11. The number of Topliss-reactive ketones (excluding diaryl/α,β-unsaturated/α-hetero) is 1. The van der Waals surface area contributed by atoms with E-state index in [1.54, 1.807) is 33.0 Å². The van der Waals surface area contributed by atoms with Gasteiger partial charge in [-0.3, -0.25) is 9.59 Å². The highest BCUT2D eigenvalue weighted by atomic mass is 16.7. The number of phenols is 2. The second kappa shape index (κ2) is 10.6. The summed E-state index contributed by atoms with van der Waals surface area (Å²) in [4.78, 5) is 26.4. The van der Waals surface area contributed by atoms with Crippen molar-refractivity contribution >= 4 is 11.6 Å². The number of fused-ring (bicyclic) bond motifs is 3. The number of carbonyl (C=O) groups is 2. The fraction of sp³-hybridized carbons (Fsp3) is 0.517. The molecule has 7 N–H and O–H groups in total. The van der Waals surface area contributed by atoms with Gasteiger partial charge in [-0.15, -0.1) is 0 Å². The predicted molar refractivity (Wildman–Crippen MR) is 142 cm³/mol. The molecule has 0 bridgehead atoms. The highest BCUT2D eigenvalue weighted by Crippen LogP contribution is 2.55. The van der Waals surface area contributed by atoms with Crippen LogP contribution in [0.1, 0.15) is 70.7 Å². The minimum atomic E-state index is -2.21. The fourth-order valence-corrected chi connectivity index (χ4v) is 6.50. The number of nitrogens with one attached hydrogen (secondary N) is 1. The molecular weight excluding hydrogens is 538 g/mol. The van der Waals surface area contributed by atoms with E-state index >= 15 is 0 Å². The molecule has 1 heterocycles. The van der Waals surface area contributed by atoms with Crippen LogP contribution in [-0.2, 0) is 20.7 Å². The molecule has 1 saturated heterocycles. The lowest BCUT2D eigenvalue weighted by Gasteiger charge is -2.45. The molecule has 0 aromatic heterocycles. The van der Waals surface area contributed by atoms with Crippen molar-refractivity contribution in [1.29, 1.82) is 0 Å². The molecule has 5 unspecified atom stereocenters. The third-order valence-corrected chi connectivity index (χ3v) is 8.73. The Hall–Kier alpha value is -3.10. The van der Waals surface area contributed by atoms with Gasteiger partial charge in [-0.25, -0.2) is 0 Å². The average Bonchev–Trinajstić information content (AvgIpc) is 2.95. The summed E-state index contributed by atoms with van der Waals surface area (Å²) < 4.78 is 17.6. The van der Waals surface area contributed by atoms with Crippen LogP contribution in [0.4, 0.5) is 0 Å². The number of likely N-dealkylation sites (N-methyl/N-ethyl adjacent to an activating group) is 1. The summed E-state index contributed by atoms with van der Waals surface area (Å²) in [5.41, 5.74) is -2.83. The van der Waals surface area contributed by atoms with Gasteiger partial charge in [-0.05, 0) is 20.0 Å². The van der Waals surface area contributed by atoms with Crippen LogP contribution in [-0.4, -0.2) is 93.1 Å². The zero-order chi connectivity index (χ0) is 30.0. The van der Waals surface area contributed by atoms with Crippen LogP contribution >= 0.6 is 0 Å². The lowest BCUT2D eigenvalue weighted by molar-refractivity contribution is -0.271. The second-order valence-electron chi connectivity index (χ2n) is 11.0. The molecule has 0 spiro atoms. The van der Waals surface area contributed by atoms with Crippen LogP contribution in [0.2, 0.25) is 0 Å². The van der Waals surface area contributed by atoms with Crippen molar-refractivity contribution in [3.05, 3.63) is 51.6 Å². The SMILES string of the molecule is CNC1C(C)C(O[C@@H]2C[C@@](O)(C(=O)CO)Cc3c(O)c4c(c(O)c32)[C@@H](O)c2c(OC)cccc2C4=O)OC(C)C1O. The molecule has 1 fully saturated rings. The molecule has 1 aliphatic heterocycles. The van der Waals surface area contributed by atoms with E-state index in [4.69, 9.17) is 14.2 Å². The van der Waals surface area contributed by atoms with Gasteiger partial charge in [0.1, 0.15) is 35.6 Å². The first-order valence-electron chi connectivity index (χ1n) is 13.4. The number of methoxy groups -OCH3 is 1. The van der Waals surface area contributed by atoms with Gasteiger partial charge >= 0.3 is 0 Å². The maximum absolute atomic E-state index is 13.6. The molecule has 12 heteroatoms. The maximum atomic E-state index is 13.6. The smallest absolute Gasteiger partial charge is 0.197 e. The topological polar surface area (TPSA) is 195 Å². The Balaban J connectivity index is 1.69. The molecule has 5 rings (SSSR count). The number of aliphatic hydroxyl groups excluding tert-OH is 3. The number of ether oxygens (including phenoxy) is 3. The minimum absolute atomic E-state index is 0.0301. The van der Waals surface area contributed by atoms with Crippen LogP contribution in [0.15, 0.2) is 18.2 Å². The molecule has 2 aromatic rings. The van der Waals surface area contributed by atoms with Gasteiger partial charge in [0.05, 0.1) is 31.0 Å². The van der Waals surface area contributed by atoms with E-state index < -0.39 is 90.8 Å². The minimum Gasteiger partial charge on any atom is -0.507 e. The van der Waals surface area contributed by atoms with Gasteiger partial charge in [0.25, 0.3) is 0 Å². The Kier molecular flexibility index (Phi) is 7.62. The number of rotatable bonds is 6. The number of aromatic hydroxyl groups is 2. The largest absolute Gasteiger partial charge is 0.507 e. The summed E-state index contributed by atoms with van der Waals surface area (Å²) in [7, 11) is 3.05. The van der Waals surface area contributed by atoms with Gasteiger partial charge in [0.15, 0.2) is 17.9 Å². The van der Waals surface area contributed by atoms with E-state index in [1.165, 1.54) is 13.2 Å². The molecule has 0 saturated carbocycles. The van der Waals surface area contributed by atoms with Crippen LogP contribution in [0.3, 0.4) is 0 Å². The normalized spacial score (nSPS) is 32.6. The van der Waals surface area contributed by atoms with Crippen molar-refractivity contribution in [2.75, 3.05) is 20.8 Å². The number of hydrogen-bond donors (Lipinski definition) is 7. The molecule has 12 nitrogen and oxygen atoms in total. The van der Waals surface area contributed by atoms with Gasteiger partial charge in [0.2, 0.25) is 0 Å². The molecule has 3 aliphatic rings. The number of ketones is 2. The molecule has 2 aromatic carbocycles. The van der Waals surface area contributed by atoms with Crippen molar-refractivity contribution in [1.82, 2.24) is 5.32 Å². The number of carbonyl (C=O) groups excluding carboxylic acids is 2. The Morgan fingerprint density at radius 1 is 1.15 bits per heavy atom. The second-order valence-corrected chi connectivity index (χ2v) is 11.0. The third kappa shape index (κ3) is 4.41. The number of hydrogen-bond acceptors (Lipinski definition) is 12. The van der Waals surface area contributed by atoms with E-state index in [9.17, 15) is 40.2 Å². The Morgan fingerprint density at radius 2 is 1.85 bits per heavy atom. The summed E-state index contributed by atoms with van der Waals surface area (Å²) >= 11 is 0. The molecular formula is C29H35NO11. The summed E-state index contributed by atoms with van der Waals surface area (Å²) in [6.07, 6.45) is -6.34. The van der Waals surface area contributed by atoms with Crippen LogP contribution in [0, 0.1) is 5.92 Å². The summed E-state index contributed by atoms with van der Waals surface area (Å²) in [6.45, 7) is 2.43. The third-order valence-electron chi connectivity index (χ3n) is 8.73. The maximum Gasteiger partial charge on any atom is 0.197 e. The van der Waals surface area contributed by atoms with Gasteiger partial charge in [-0.2, -0.15) is 0 Å². The van der Waals surface area contributed by atoms with Crippen LogP contribution in [0.25, 0.3) is 0 Å². The lowest BCUT2D eigenvalue weighted by atomic mass is 9.71. The Labute approximate surface area is 236 Å². The Morgan fingerprint density at radius 3 is 2.49 bits per heavy atom. The van der Waals surface area contributed by atoms with Crippen molar-refractivity contribution in [3.63, 3.8) is 0 Å². The van der Waals surface area contributed by atoms with E-state index in [0.717, 1.165) is 0 Å². The van der Waals surface area contributed by atoms with E-state index in [-0.39, 0.29) is 39.1 Å². The van der Waals surface area contributed by atoms with Gasteiger partial charge in [0, 0.05) is 52.6 Å². The quantitative estimate of drug-likeness (QED) is 0.235. The first-order chi connectivity index (χ1) is 19.4. The van der Waals surface area contributed by atoms with Crippen molar-refractivity contribution in [2.45, 2.75) is 69.0 Å². The molecule has 41 heavy (non-hydrogen) atoms. The molecule has 222 valence electrons. The molecule has 8 atom stereocenters. The van der Waals surface area contributed by atoms with Crippen molar-refractivity contribution in [3.8, 4) is 17.2 Å². The number of aliphatic hydroxyl groups is 4. The molecule has 0 radical (unpaired) electrons.